The maximum atomic E-state index is 12.1. The molecule has 3 rings (SSSR count). The summed E-state index contributed by atoms with van der Waals surface area (Å²) in [6.45, 7) is 12.7. The highest BCUT2D eigenvalue weighted by Crippen LogP contribution is 2.40. The van der Waals surface area contributed by atoms with E-state index in [1.807, 2.05) is 6.08 Å². The zero-order valence-corrected chi connectivity index (χ0v) is 16.2. The molecule has 1 saturated carbocycles. The molecule has 2 saturated heterocycles. The highest BCUT2D eigenvalue weighted by molar-refractivity contribution is 5.72. The number of hydrogen-bond acceptors (Lipinski definition) is 4. The van der Waals surface area contributed by atoms with Crippen molar-refractivity contribution in [3.8, 4) is 0 Å². The van der Waals surface area contributed by atoms with Crippen molar-refractivity contribution in [2.45, 2.75) is 77.7 Å². The molecular weight excluding hydrogens is 314 g/mol. The van der Waals surface area contributed by atoms with E-state index in [0.29, 0.717) is 30.2 Å². The summed E-state index contributed by atoms with van der Waals surface area (Å²) in [6, 6.07) is 0.382. The molecule has 0 radical (unpaired) electrons. The molecule has 0 bridgehead atoms. The van der Waals surface area contributed by atoms with Crippen molar-refractivity contribution in [2.75, 3.05) is 13.1 Å². The van der Waals surface area contributed by atoms with E-state index >= 15 is 0 Å². The Bertz CT molecular complexity index is 478. The number of ether oxygens (including phenoxy) is 2. The summed E-state index contributed by atoms with van der Waals surface area (Å²) in [6.07, 6.45) is 8.23. The summed E-state index contributed by atoms with van der Waals surface area (Å²) in [7, 11) is 0. The van der Waals surface area contributed by atoms with Crippen molar-refractivity contribution < 1.29 is 14.3 Å². The summed E-state index contributed by atoms with van der Waals surface area (Å²) in [5.41, 5.74) is 0. The van der Waals surface area contributed by atoms with Crippen LogP contribution in [0.15, 0.2) is 12.7 Å². The quantitative estimate of drug-likeness (QED) is 0.537. The Labute approximate surface area is 152 Å². The van der Waals surface area contributed by atoms with Gasteiger partial charge >= 0.3 is 5.97 Å². The first-order chi connectivity index (χ1) is 12.0. The zero-order chi connectivity index (χ0) is 18.0. The van der Waals surface area contributed by atoms with Gasteiger partial charge in [-0.1, -0.05) is 33.3 Å². The molecule has 0 unspecified atom stereocenters. The van der Waals surface area contributed by atoms with Crippen molar-refractivity contribution in [3.05, 3.63) is 12.7 Å². The fourth-order valence-corrected chi connectivity index (χ4v) is 5.17. The van der Waals surface area contributed by atoms with Gasteiger partial charge < -0.3 is 9.47 Å². The number of esters is 1. The second kappa shape index (κ2) is 8.22. The van der Waals surface area contributed by atoms with Crippen LogP contribution in [0.1, 0.15) is 59.3 Å². The van der Waals surface area contributed by atoms with Crippen LogP contribution in [0.3, 0.4) is 0 Å². The predicted octanol–water partition coefficient (Wildman–Crippen LogP) is 4.00. The first-order valence-electron chi connectivity index (χ1n) is 10.2. The smallest absolute Gasteiger partial charge is 0.308 e. The van der Waals surface area contributed by atoms with Crippen LogP contribution in [-0.2, 0) is 14.3 Å². The molecule has 2 heterocycles. The van der Waals surface area contributed by atoms with Crippen LogP contribution in [0.5, 0.6) is 0 Å². The fourth-order valence-electron chi connectivity index (χ4n) is 5.17. The van der Waals surface area contributed by atoms with Gasteiger partial charge in [0.1, 0.15) is 0 Å². The van der Waals surface area contributed by atoms with Gasteiger partial charge in [0.25, 0.3) is 0 Å². The highest BCUT2D eigenvalue weighted by Gasteiger charge is 2.46. The highest BCUT2D eigenvalue weighted by atomic mass is 16.7. The summed E-state index contributed by atoms with van der Waals surface area (Å²) >= 11 is 0. The largest absolute Gasteiger partial charge is 0.435 e. The molecule has 4 heteroatoms. The molecule has 0 amide bonds. The summed E-state index contributed by atoms with van der Waals surface area (Å²) in [4.78, 5) is 14.5. The number of carbonyl (C=O) groups excluding carboxylic acids is 1. The van der Waals surface area contributed by atoms with E-state index in [4.69, 9.17) is 9.47 Å². The topological polar surface area (TPSA) is 38.8 Å². The first kappa shape index (κ1) is 18.9. The number of cyclic esters (lactones) is 1. The molecule has 3 aliphatic rings. The third-order valence-corrected chi connectivity index (χ3v) is 6.54. The van der Waals surface area contributed by atoms with Crippen molar-refractivity contribution in [3.63, 3.8) is 0 Å². The molecule has 0 aromatic heterocycles. The van der Waals surface area contributed by atoms with Crippen LogP contribution < -0.4 is 0 Å². The van der Waals surface area contributed by atoms with E-state index in [0.717, 1.165) is 25.9 Å². The standard InChI is InChI=1S/C21H35NO3/c1-5-10-22-11-6-7-18(22)17-13-20(23)25-21(17)24-19-12-15(4)8-9-16(19)14(2)3/h5,14-19,21H,1,6-13H2,2-4H3/t15-,16+,17+,18+,19-,21-/m1/s1. The minimum Gasteiger partial charge on any atom is -0.435 e. The Morgan fingerprint density at radius 1 is 1.36 bits per heavy atom. The van der Waals surface area contributed by atoms with Gasteiger partial charge in [0.15, 0.2) is 0 Å². The van der Waals surface area contributed by atoms with E-state index in [1.165, 1.54) is 19.3 Å². The summed E-state index contributed by atoms with van der Waals surface area (Å²) in [5, 5.41) is 0. The predicted molar refractivity (Wildman–Crippen MR) is 99.0 cm³/mol. The Morgan fingerprint density at radius 3 is 2.88 bits per heavy atom. The lowest BCUT2D eigenvalue weighted by Crippen LogP contribution is -2.43. The number of rotatable bonds is 6. The second-order valence-electron chi connectivity index (χ2n) is 8.72. The molecule has 3 fully saturated rings. The number of carbonyl (C=O) groups is 1. The molecular formula is C21H35NO3. The normalized spacial score (nSPS) is 39.8. The lowest BCUT2D eigenvalue weighted by molar-refractivity contribution is -0.200. The van der Waals surface area contributed by atoms with E-state index in [2.05, 4.69) is 32.3 Å². The van der Waals surface area contributed by atoms with Gasteiger partial charge in [-0.05, 0) is 50.0 Å². The van der Waals surface area contributed by atoms with E-state index < -0.39 is 0 Å². The Balaban J connectivity index is 1.70. The minimum atomic E-state index is -0.362. The maximum Gasteiger partial charge on any atom is 0.308 e. The molecule has 4 nitrogen and oxygen atoms in total. The Morgan fingerprint density at radius 2 is 2.16 bits per heavy atom. The van der Waals surface area contributed by atoms with Crippen molar-refractivity contribution in [1.29, 1.82) is 0 Å². The van der Waals surface area contributed by atoms with Crippen LogP contribution in [0.4, 0.5) is 0 Å². The van der Waals surface area contributed by atoms with Crippen LogP contribution in [0.25, 0.3) is 0 Å². The molecule has 6 atom stereocenters. The average Bonchev–Trinajstić information content (AvgIpc) is 3.14. The van der Waals surface area contributed by atoms with Crippen LogP contribution in [-0.4, -0.2) is 42.4 Å². The lowest BCUT2D eigenvalue weighted by Gasteiger charge is -2.39. The molecule has 0 aromatic carbocycles. The Kier molecular flexibility index (Phi) is 6.21. The molecule has 2 aliphatic heterocycles. The van der Waals surface area contributed by atoms with Gasteiger partial charge in [0, 0.05) is 18.5 Å². The number of nitrogens with zero attached hydrogens (tertiary/aromatic N) is 1. The third-order valence-electron chi connectivity index (χ3n) is 6.54. The van der Waals surface area contributed by atoms with Gasteiger partial charge in [-0.25, -0.2) is 0 Å². The van der Waals surface area contributed by atoms with Gasteiger partial charge in [-0.15, -0.1) is 6.58 Å². The first-order valence-corrected chi connectivity index (χ1v) is 10.2. The third kappa shape index (κ3) is 4.28. The van der Waals surface area contributed by atoms with Gasteiger partial charge in [-0.2, -0.15) is 0 Å². The van der Waals surface area contributed by atoms with Crippen molar-refractivity contribution in [2.24, 2.45) is 23.7 Å². The summed E-state index contributed by atoms with van der Waals surface area (Å²) < 4.78 is 12.2. The van der Waals surface area contributed by atoms with Gasteiger partial charge in [0.05, 0.1) is 12.5 Å². The van der Waals surface area contributed by atoms with Crippen molar-refractivity contribution >= 4 is 5.97 Å². The molecule has 0 spiro atoms. The molecule has 0 aromatic rings. The molecule has 0 N–H and O–H groups in total. The number of hydrogen-bond donors (Lipinski definition) is 0. The molecule has 142 valence electrons. The monoisotopic (exact) mass is 349 g/mol. The van der Waals surface area contributed by atoms with Gasteiger partial charge in [0.2, 0.25) is 6.29 Å². The van der Waals surface area contributed by atoms with Crippen LogP contribution in [0.2, 0.25) is 0 Å². The van der Waals surface area contributed by atoms with Crippen LogP contribution in [0, 0.1) is 23.7 Å². The minimum absolute atomic E-state index is 0.0922. The summed E-state index contributed by atoms with van der Waals surface area (Å²) in [5.74, 6) is 1.95. The number of likely N-dealkylation sites (tertiary alicyclic amines) is 1. The SMILES string of the molecule is C=CCN1CCC[C@H]1[C@@H]1CC(=O)O[C@H]1O[C@@H]1C[C@H](C)CC[C@H]1C(C)C. The van der Waals surface area contributed by atoms with E-state index in [1.54, 1.807) is 0 Å². The zero-order valence-electron chi connectivity index (χ0n) is 16.2. The Hall–Kier alpha value is -0.870. The fraction of sp³-hybridized carbons (Fsp3) is 0.857. The molecule has 1 aliphatic carbocycles. The van der Waals surface area contributed by atoms with E-state index in [-0.39, 0.29) is 24.3 Å². The van der Waals surface area contributed by atoms with Gasteiger partial charge in [-0.3, -0.25) is 9.69 Å². The molecule has 25 heavy (non-hydrogen) atoms. The van der Waals surface area contributed by atoms with Crippen molar-refractivity contribution in [1.82, 2.24) is 4.90 Å². The van der Waals surface area contributed by atoms with E-state index in [9.17, 15) is 4.79 Å². The van der Waals surface area contributed by atoms with Crippen LogP contribution >= 0.6 is 0 Å². The lowest BCUT2D eigenvalue weighted by atomic mass is 9.75. The maximum absolute atomic E-state index is 12.1. The second-order valence-corrected chi connectivity index (χ2v) is 8.72. The average molecular weight is 350 g/mol.